The van der Waals surface area contributed by atoms with Gasteiger partial charge in [0.2, 0.25) is 0 Å². The molecule has 0 saturated heterocycles. The van der Waals surface area contributed by atoms with Crippen molar-refractivity contribution in [1.82, 2.24) is 15.2 Å². The highest BCUT2D eigenvalue weighted by Crippen LogP contribution is 2.35. The number of hydrogen-bond acceptors (Lipinski definition) is 4. The predicted molar refractivity (Wildman–Crippen MR) is 118 cm³/mol. The molecular weight excluding hydrogens is 433 g/mol. The minimum atomic E-state index is -4.57. The molecule has 0 atom stereocenters. The third-order valence-electron chi connectivity index (χ3n) is 4.88. The molecular formula is C24H19F3N4O2. The standard InChI is InChI=1S/C24H19F3N4O2/c1-33-21-14-8-5-11-17(21)22-18(15-31(30-22)16-9-3-2-4-10-16)23(32)29-28-20-13-7-6-12-19(20)24(25,26)27/h2-15,28H,1H3,(H,29,32). The Kier molecular flexibility index (Phi) is 6.03. The Labute approximate surface area is 187 Å². The summed E-state index contributed by atoms with van der Waals surface area (Å²) in [5.41, 5.74) is 5.33. The lowest BCUT2D eigenvalue weighted by atomic mass is 10.1. The maximum absolute atomic E-state index is 13.3. The van der Waals surface area contributed by atoms with Gasteiger partial charge in [-0.1, -0.05) is 42.5 Å². The first kappa shape index (κ1) is 21.9. The highest BCUT2D eigenvalue weighted by Gasteiger charge is 2.33. The Morgan fingerprint density at radius 2 is 1.61 bits per heavy atom. The number of para-hydroxylation sites is 3. The monoisotopic (exact) mass is 452 g/mol. The number of carbonyl (C=O) groups excluding carboxylic acids is 1. The van der Waals surface area contributed by atoms with Crippen LogP contribution < -0.4 is 15.6 Å². The molecule has 4 aromatic rings. The molecule has 0 unspecified atom stereocenters. The molecule has 2 N–H and O–H groups in total. The topological polar surface area (TPSA) is 68.2 Å². The summed E-state index contributed by atoms with van der Waals surface area (Å²) in [6, 6.07) is 21.1. The lowest BCUT2D eigenvalue weighted by molar-refractivity contribution is -0.137. The summed E-state index contributed by atoms with van der Waals surface area (Å²) in [6.07, 6.45) is -3.06. The Balaban J connectivity index is 1.71. The number of benzene rings is 3. The number of hydrazine groups is 1. The third-order valence-corrected chi connectivity index (χ3v) is 4.88. The molecule has 3 aromatic carbocycles. The second-order valence-electron chi connectivity index (χ2n) is 6.99. The zero-order valence-corrected chi connectivity index (χ0v) is 17.4. The van der Waals surface area contributed by atoms with Gasteiger partial charge in [0.1, 0.15) is 11.4 Å². The summed E-state index contributed by atoms with van der Waals surface area (Å²) in [5, 5.41) is 4.56. The van der Waals surface area contributed by atoms with E-state index < -0.39 is 17.6 Å². The van der Waals surface area contributed by atoms with Crippen molar-refractivity contribution in [3.05, 3.63) is 96.2 Å². The van der Waals surface area contributed by atoms with Gasteiger partial charge in [-0.2, -0.15) is 18.3 Å². The minimum absolute atomic E-state index is 0.153. The van der Waals surface area contributed by atoms with Crippen LogP contribution in [0.3, 0.4) is 0 Å². The molecule has 1 heterocycles. The normalized spacial score (nSPS) is 11.2. The van der Waals surface area contributed by atoms with Crippen LogP contribution in [0.2, 0.25) is 0 Å². The van der Waals surface area contributed by atoms with E-state index in [0.29, 0.717) is 22.7 Å². The van der Waals surface area contributed by atoms with E-state index in [1.807, 2.05) is 30.3 Å². The summed E-state index contributed by atoms with van der Waals surface area (Å²) in [5.74, 6) is -0.157. The van der Waals surface area contributed by atoms with Gasteiger partial charge in [-0.05, 0) is 36.4 Å². The first-order chi connectivity index (χ1) is 15.9. The van der Waals surface area contributed by atoms with Crippen LogP contribution in [-0.2, 0) is 6.18 Å². The summed E-state index contributed by atoms with van der Waals surface area (Å²) < 4.78 is 46.8. The minimum Gasteiger partial charge on any atom is -0.496 e. The molecule has 1 amide bonds. The van der Waals surface area contributed by atoms with Crippen LogP contribution in [0, 0.1) is 0 Å². The first-order valence-corrected chi connectivity index (χ1v) is 9.89. The van der Waals surface area contributed by atoms with Gasteiger partial charge in [-0.3, -0.25) is 15.6 Å². The zero-order chi connectivity index (χ0) is 23.4. The van der Waals surface area contributed by atoms with Gasteiger partial charge in [0.25, 0.3) is 5.91 Å². The van der Waals surface area contributed by atoms with Crippen LogP contribution in [0.1, 0.15) is 15.9 Å². The van der Waals surface area contributed by atoms with E-state index in [1.54, 1.807) is 24.3 Å². The number of nitrogens with zero attached hydrogens (tertiary/aromatic N) is 2. The Morgan fingerprint density at radius 1 is 0.939 bits per heavy atom. The second kappa shape index (κ2) is 9.07. The molecule has 0 fully saturated rings. The fraction of sp³-hybridized carbons (Fsp3) is 0.0833. The quantitative estimate of drug-likeness (QED) is 0.389. The van der Waals surface area contributed by atoms with Crippen molar-refractivity contribution in [2.24, 2.45) is 0 Å². The summed E-state index contributed by atoms with van der Waals surface area (Å²) >= 11 is 0. The lowest BCUT2D eigenvalue weighted by Crippen LogP contribution is -2.30. The Hall–Kier alpha value is -4.27. The second-order valence-corrected chi connectivity index (χ2v) is 6.99. The number of amides is 1. The number of anilines is 1. The van der Waals surface area contributed by atoms with Crippen LogP contribution >= 0.6 is 0 Å². The summed E-state index contributed by atoms with van der Waals surface area (Å²) in [6.45, 7) is 0. The van der Waals surface area contributed by atoms with Crippen molar-refractivity contribution in [1.29, 1.82) is 0 Å². The van der Waals surface area contributed by atoms with E-state index in [-0.39, 0.29) is 11.3 Å². The first-order valence-electron chi connectivity index (χ1n) is 9.89. The zero-order valence-electron chi connectivity index (χ0n) is 17.4. The molecule has 4 rings (SSSR count). The van der Waals surface area contributed by atoms with Gasteiger partial charge in [0.05, 0.1) is 29.6 Å². The number of methoxy groups -OCH3 is 1. The maximum Gasteiger partial charge on any atom is 0.418 e. The van der Waals surface area contributed by atoms with E-state index in [2.05, 4.69) is 16.0 Å². The molecule has 6 nitrogen and oxygen atoms in total. The van der Waals surface area contributed by atoms with E-state index in [1.165, 1.54) is 36.2 Å². The molecule has 1 aromatic heterocycles. The molecule has 9 heteroatoms. The van der Waals surface area contributed by atoms with E-state index in [0.717, 1.165) is 6.07 Å². The number of nitrogens with one attached hydrogen (secondary N) is 2. The van der Waals surface area contributed by atoms with Crippen molar-refractivity contribution in [2.75, 3.05) is 12.5 Å². The highest BCUT2D eigenvalue weighted by atomic mass is 19.4. The molecule has 0 saturated carbocycles. The number of carbonyl (C=O) groups is 1. The third kappa shape index (κ3) is 4.67. The van der Waals surface area contributed by atoms with Crippen molar-refractivity contribution in [2.45, 2.75) is 6.18 Å². The van der Waals surface area contributed by atoms with Crippen LogP contribution in [0.5, 0.6) is 5.75 Å². The van der Waals surface area contributed by atoms with Crippen molar-refractivity contribution < 1.29 is 22.7 Å². The van der Waals surface area contributed by atoms with Gasteiger partial charge < -0.3 is 4.74 Å². The smallest absolute Gasteiger partial charge is 0.418 e. The van der Waals surface area contributed by atoms with Gasteiger partial charge in [0.15, 0.2) is 0 Å². The molecule has 168 valence electrons. The summed E-state index contributed by atoms with van der Waals surface area (Å²) in [4.78, 5) is 13.1. The van der Waals surface area contributed by atoms with Crippen LogP contribution in [0.15, 0.2) is 85.1 Å². The van der Waals surface area contributed by atoms with Crippen LogP contribution in [0.4, 0.5) is 18.9 Å². The van der Waals surface area contributed by atoms with Crippen molar-refractivity contribution >= 4 is 11.6 Å². The van der Waals surface area contributed by atoms with E-state index in [4.69, 9.17) is 4.74 Å². The number of alkyl halides is 3. The Morgan fingerprint density at radius 3 is 2.33 bits per heavy atom. The predicted octanol–water partition coefficient (Wildman–Crippen LogP) is 5.32. The average Bonchev–Trinajstić information content (AvgIpc) is 3.28. The average molecular weight is 452 g/mol. The van der Waals surface area contributed by atoms with Gasteiger partial charge in [-0.25, -0.2) is 4.68 Å². The molecule has 0 bridgehead atoms. The van der Waals surface area contributed by atoms with Crippen LogP contribution in [-0.4, -0.2) is 22.8 Å². The number of aromatic nitrogens is 2. The molecule has 0 aliphatic rings. The van der Waals surface area contributed by atoms with Gasteiger partial charge >= 0.3 is 6.18 Å². The molecule has 0 radical (unpaired) electrons. The number of rotatable bonds is 6. The van der Waals surface area contributed by atoms with Crippen molar-refractivity contribution in [3.63, 3.8) is 0 Å². The molecule has 33 heavy (non-hydrogen) atoms. The number of ether oxygens (including phenoxy) is 1. The summed E-state index contributed by atoms with van der Waals surface area (Å²) in [7, 11) is 1.50. The van der Waals surface area contributed by atoms with Gasteiger partial charge in [-0.15, -0.1) is 0 Å². The van der Waals surface area contributed by atoms with Crippen molar-refractivity contribution in [3.8, 4) is 22.7 Å². The Bertz CT molecular complexity index is 1270. The fourth-order valence-corrected chi connectivity index (χ4v) is 3.32. The highest BCUT2D eigenvalue weighted by molar-refractivity contribution is 6.01. The number of hydrogen-bond donors (Lipinski definition) is 2. The van der Waals surface area contributed by atoms with E-state index >= 15 is 0 Å². The maximum atomic E-state index is 13.3. The largest absolute Gasteiger partial charge is 0.496 e. The number of halogens is 3. The van der Waals surface area contributed by atoms with Crippen LogP contribution in [0.25, 0.3) is 16.9 Å². The molecule has 0 aliphatic heterocycles. The molecule has 0 aliphatic carbocycles. The lowest BCUT2D eigenvalue weighted by Gasteiger charge is -2.15. The SMILES string of the molecule is COc1ccccc1-c1nn(-c2ccccc2)cc1C(=O)NNc1ccccc1C(F)(F)F. The van der Waals surface area contributed by atoms with Gasteiger partial charge in [0, 0.05) is 11.8 Å². The van der Waals surface area contributed by atoms with E-state index in [9.17, 15) is 18.0 Å². The molecule has 0 spiro atoms. The fourth-order valence-electron chi connectivity index (χ4n) is 3.32.